The normalized spacial score (nSPS) is 25.6. The fraction of sp³-hybridized carbons (Fsp3) is 0.923. The molecule has 0 aromatic rings. The van der Waals surface area contributed by atoms with E-state index in [9.17, 15) is 4.79 Å². The predicted octanol–water partition coefficient (Wildman–Crippen LogP) is 2.16. The van der Waals surface area contributed by atoms with Crippen molar-refractivity contribution in [3.05, 3.63) is 0 Å². The van der Waals surface area contributed by atoms with E-state index in [1.54, 1.807) is 7.11 Å². The Balaban J connectivity index is 2.37. The third-order valence-corrected chi connectivity index (χ3v) is 3.33. The third-order valence-electron chi connectivity index (χ3n) is 3.33. The van der Waals surface area contributed by atoms with E-state index in [2.05, 4.69) is 0 Å². The van der Waals surface area contributed by atoms with Crippen LogP contribution < -0.4 is 0 Å². The molecule has 0 aromatic heterocycles. The van der Waals surface area contributed by atoms with Gasteiger partial charge in [-0.3, -0.25) is 4.79 Å². The quantitative estimate of drug-likeness (QED) is 0.695. The van der Waals surface area contributed by atoms with Gasteiger partial charge in [0.15, 0.2) is 0 Å². The van der Waals surface area contributed by atoms with Gasteiger partial charge in [-0.15, -0.1) is 0 Å². The lowest BCUT2D eigenvalue weighted by molar-refractivity contribution is -0.156. The lowest BCUT2D eigenvalue weighted by atomic mass is 9.93. The number of hydrogen-bond donors (Lipinski definition) is 0. The summed E-state index contributed by atoms with van der Waals surface area (Å²) in [6.45, 7) is 4.09. The van der Waals surface area contributed by atoms with E-state index in [-0.39, 0.29) is 12.1 Å². The summed E-state index contributed by atoms with van der Waals surface area (Å²) in [5, 5.41) is 0. The molecule has 1 aliphatic rings. The Kier molecular flexibility index (Phi) is 5.40. The minimum atomic E-state index is -0.575. The highest BCUT2D eigenvalue weighted by Gasteiger charge is 2.31. The molecule has 0 bridgehead atoms. The van der Waals surface area contributed by atoms with Crippen LogP contribution in [-0.4, -0.2) is 39.0 Å². The molecule has 2 atom stereocenters. The Labute approximate surface area is 104 Å². The van der Waals surface area contributed by atoms with Crippen LogP contribution in [0.5, 0.6) is 0 Å². The van der Waals surface area contributed by atoms with Crippen molar-refractivity contribution in [2.24, 2.45) is 5.41 Å². The highest BCUT2D eigenvalue weighted by molar-refractivity contribution is 5.75. The fourth-order valence-corrected chi connectivity index (χ4v) is 2.13. The van der Waals surface area contributed by atoms with E-state index in [1.807, 2.05) is 13.8 Å². The smallest absolute Gasteiger partial charge is 0.313 e. The molecule has 2 unspecified atom stereocenters. The Morgan fingerprint density at radius 2 is 1.88 bits per heavy atom. The van der Waals surface area contributed by atoms with Gasteiger partial charge in [0.1, 0.15) is 0 Å². The van der Waals surface area contributed by atoms with E-state index < -0.39 is 5.41 Å². The van der Waals surface area contributed by atoms with Gasteiger partial charge in [-0.25, -0.2) is 0 Å². The summed E-state index contributed by atoms with van der Waals surface area (Å²) >= 11 is 0. The summed E-state index contributed by atoms with van der Waals surface area (Å²) in [5.74, 6) is -0.225. The molecule has 0 amide bonds. The van der Waals surface area contributed by atoms with Crippen LogP contribution in [0.2, 0.25) is 0 Å². The summed E-state index contributed by atoms with van der Waals surface area (Å²) in [7, 11) is 3.15. The first-order valence-electron chi connectivity index (χ1n) is 6.22. The molecule has 1 rings (SSSR count). The van der Waals surface area contributed by atoms with Crippen molar-refractivity contribution in [2.45, 2.75) is 51.7 Å². The van der Waals surface area contributed by atoms with Gasteiger partial charge < -0.3 is 14.2 Å². The van der Waals surface area contributed by atoms with Crippen LogP contribution in [0.4, 0.5) is 0 Å². The highest BCUT2D eigenvalue weighted by Crippen LogP contribution is 2.26. The molecule has 100 valence electrons. The summed E-state index contributed by atoms with van der Waals surface area (Å²) in [4.78, 5) is 11.5. The average Bonchev–Trinajstić information content (AvgIpc) is 2.35. The number of ether oxygens (including phenoxy) is 3. The molecule has 1 fully saturated rings. The van der Waals surface area contributed by atoms with Crippen LogP contribution >= 0.6 is 0 Å². The molecule has 0 aromatic carbocycles. The average molecular weight is 244 g/mol. The molecule has 1 saturated carbocycles. The number of methoxy groups -OCH3 is 2. The zero-order valence-corrected chi connectivity index (χ0v) is 11.3. The van der Waals surface area contributed by atoms with Crippen molar-refractivity contribution in [1.82, 2.24) is 0 Å². The lowest BCUT2D eigenvalue weighted by Crippen LogP contribution is -2.35. The molecule has 0 heterocycles. The van der Waals surface area contributed by atoms with Gasteiger partial charge in [-0.1, -0.05) is 0 Å². The topological polar surface area (TPSA) is 44.8 Å². The van der Waals surface area contributed by atoms with Crippen molar-refractivity contribution < 1.29 is 19.0 Å². The van der Waals surface area contributed by atoms with Crippen LogP contribution in [0.15, 0.2) is 0 Å². The number of carbonyl (C=O) groups excluding carboxylic acids is 1. The number of esters is 1. The van der Waals surface area contributed by atoms with Gasteiger partial charge in [0.05, 0.1) is 31.3 Å². The molecule has 4 nitrogen and oxygen atoms in total. The Bertz CT molecular complexity index is 250. The highest BCUT2D eigenvalue weighted by atomic mass is 16.5. The second-order valence-corrected chi connectivity index (χ2v) is 5.33. The number of carbonyl (C=O) groups is 1. The SMILES string of the molecule is COC(=O)C(C)(C)COC1CCCC(OC)C1. The zero-order valence-electron chi connectivity index (χ0n) is 11.3. The molecule has 0 aliphatic heterocycles. The van der Waals surface area contributed by atoms with Gasteiger partial charge >= 0.3 is 5.97 Å². The second-order valence-electron chi connectivity index (χ2n) is 5.33. The predicted molar refractivity (Wildman–Crippen MR) is 64.8 cm³/mol. The molecule has 0 N–H and O–H groups in total. The molecule has 4 heteroatoms. The Morgan fingerprint density at radius 1 is 1.24 bits per heavy atom. The molecule has 0 saturated heterocycles. The zero-order chi connectivity index (χ0) is 12.9. The van der Waals surface area contributed by atoms with Crippen molar-refractivity contribution in [3.63, 3.8) is 0 Å². The van der Waals surface area contributed by atoms with Gasteiger partial charge in [0.2, 0.25) is 0 Å². The van der Waals surface area contributed by atoms with Gasteiger partial charge in [0.25, 0.3) is 0 Å². The first-order valence-corrected chi connectivity index (χ1v) is 6.22. The summed E-state index contributed by atoms with van der Waals surface area (Å²) in [5.41, 5.74) is -0.575. The first-order chi connectivity index (χ1) is 7.99. The van der Waals surface area contributed by atoms with Crippen molar-refractivity contribution in [2.75, 3.05) is 20.8 Å². The van der Waals surface area contributed by atoms with E-state index in [1.165, 1.54) is 7.11 Å². The largest absolute Gasteiger partial charge is 0.469 e. The summed E-state index contributed by atoms with van der Waals surface area (Å²) in [6.07, 6.45) is 4.72. The first kappa shape index (κ1) is 14.5. The van der Waals surface area contributed by atoms with E-state index in [4.69, 9.17) is 14.2 Å². The molecule has 1 aliphatic carbocycles. The van der Waals surface area contributed by atoms with Crippen molar-refractivity contribution >= 4 is 5.97 Å². The van der Waals surface area contributed by atoms with Crippen molar-refractivity contribution in [1.29, 1.82) is 0 Å². The standard InChI is InChI=1S/C13H24O4/c1-13(2,12(14)16-4)9-17-11-7-5-6-10(8-11)15-3/h10-11H,5-9H2,1-4H3. The summed E-state index contributed by atoms with van der Waals surface area (Å²) in [6, 6.07) is 0. The number of hydrogen-bond acceptors (Lipinski definition) is 4. The monoisotopic (exact) mass is 244 g/mol. The van der Waals surface area contributed by atoms with E-state index >= 15 is 0 Å². The molecule has 0 spiro atoms. The van der Waals surface area contributed by atoms with Gasteiger partial charge in [-0.2, -0.15) is 0 Å². The maximum absolute atomic E-state index is 11.5. The maximum Gasteiger partial charge on any atom is 0.313 e. The minimum absolute atomic E-state index is 0.206. The Hall–Kier alpha value is -0.610. The number of rotatable bonds is 5. The van der Waals surface area contributed by atoms with Crippen LogP contribution in [0.1, 0.15) is 39.5 Å². The van der Waals surface area contributed by atoms with Crippen molar-refractivity contribution in [3.8, 4) is 0 Å². The second kappa shape index (κ2) is 6.36. The summed E-state index contributed by atoms with van der Waals surface area (Å²) < 4.78 is 15.9. The minimum Gasteiger partial charge on any atom is -0.469 e. The molecule has 17 heavy (non-hydrogen) atoms. The van der Waals surface area contributed by atoms with E-state index in [0.29, 0.717) is 12.7 Å². The van der Waals surface area contributed by atoms with Crippen LogP contribution in [-0.2, 0) is 19.0 Å². The third kappa shape index (κ3) is 4.28. The van der Waals surface area contributed by atoms with Crippen LogP contribution in [0.25, 0.3) is 0 Å². The molecular weight excluding hydrogens is 220 g/mol. The van der Waals surface area contributed by atoms with Crippen LogP contribution in [0, 0.1) is 5.41 Å². The van der Waals surface area contributed by atoms with E-state index in [0.717, 1.165) is 25.7 Å². The fourth-order valence-electron chi connectivity index (χ4n) is 2.13. The van der Waals surface area contributed by atoms with Gasteiger partial charge in [-0.05, 0) is 39.5 Å². The molecule has 0 radical (unpaired) electrons. The van der Waals surface area contributed by atoms with Gasteiger partial charge in [0, 0.05) is 7.11 Å². The molecular formula is C13H24O4. The maximum atomic E-state index is 11.5. The van der Waals surface area contributed by atoms with Crippen LogP contribution in [0.3, 0.4) is 0 Å². The lowest BCUT2D eigenvalue weighted by Gasteiger charge is -2.31. The Morgan fingerprint density at radius 3 is 2.47 bits per heavy atom.